The van der Waals surface area contributed by atoms with Crippen LogP contribution in [0.1, 0.15) is 11.3 Å². The Bertz CT molecular complexity index is 969. The average molecular weight is 439 g/mol. The van der Waals surface area contributed by atoms with E-state index in [-0.39, 0.29) is 11.7 Å². The van der Waals surface area contributed by atoms with Crippen molar-refractivity contribution in [3.05, 3.63) is 77.1 Å². The van der Waals surface area contributed by atoms with Gasteiger partial charge in [-0.2, -0.15) is 0 Å². The minimum Gasteiger partial charge on any atom is -0.355 e. The molecular weight excluding hydrogens is 411 g/mol. The summed E-state index contributed by atoms with van der Waals surface area (Å²) in [5.74, 6) is -0.194. The van der Waals surface area contributed by atoms with Crippen molar-refractivity contribution in [3.8, 4) is 10.6 Å². The molecule has 0 unspecified atom stereocenters. The van der Waals surface area contributed by atoms with Gasteiger partial charge < -0.3 is 5.32 Å². The lowest BCUT2D eigenvalue weighted by atomic mass is 10.1. The topological polar surface area (TPSA) is 48.5 Å². The van der Waals surface area contributed by atoms with Gasteiger partial charge in [-0.3, -0.25) is 14.6 Å². The summed E-state index contributed by atoms with van der Waals surface area (Å²) in [4.78, 5) is 21.6. The number of rotatable bonds is 8. The third-order valence-electron chi connectivity index (χ3n) is 5.44. The van der Waals surface area contributed by atoms with Crippen LogP contribution in [0.25, 0.3) is 10.6 Å². The minimum atomic E-state index is -0.238. The lowest BCUT2D eigenvalue weighted by Gasteiger charge is -2.33. The first-order valence-corrected chi connectivity index (χ1v) is 11.5. The maximum absolute atomic E-state index is 12.9. The summed E-state index contributed by atoms with van der Waals surface area (Å²) in [6.45, 7) is 5.45. The van der Waals surface area contributed by atoms with Crippen molar-refractivity contribution in [2.75, 3.05) is 39.3 Å². The van der Waals surface area contributed by atoms with E-state index in [1.165, 1.54) is 12.1 Å². The van der Waals surface area contributed by atoms with Gasteiger partial charge in [0.1, 0.15) is 10.8 Å². The number of hydrogen-bond acceptors (Lipinski definition) is 5. The Balaban J connectivity index is 1.15. The van der Waals surface area contributed by atoms with Crippen LogP contribution in [0.15, 0.2) is 60.0 Å². The standard InChI is InChI=1S/C24H27FN4OS/c25-21-8-6-19(7-9-21)10-11-26-23(30)17-29-14-12-28(13-15-29)16-22-18-31-24(27-22)20-4-2-1-3-5-20/h1-9,18H,10-17H2,(H,26,30). The Morgan fingerprint density at radius 1 is 1.00 bits per heavy atom. The van der Waals surface area contributed by atoms with Crippen molar-refractivity contribution in [2.24, 2.45) is 0 Å². The van der Waals surface area contributed by atoms with E-state index in [2.05, 4.69) is 32.6 Å². The maximum Gasteiger partial charge on any atom is 0.234 e. The monoisotopic (exact) mass is 438 g/mol. The number of carbonyl (C=O) groups is 1. The van der Waals surface area contributed by atoms with Gasteiger partial charge in [0.15, 0.2) is 0 Å². The van der Waals surface area contributed by atoms with E-state index in [4.69, 9.17) is 4.98 Å². The average Bonchev–Trinajstić information content (AvgIpc) is 3.26. The van der Waals surface area contributed by atoms with Gasteiger partial charge in [0, 0.05) is 50.2 Å². The normalized spacial score (nSPS) is 15.1. The number of amides is 1. The Labute approximate surface area is 186 Å². The smallest absolute Gasteiger partial charge is 0.234 e. The number of hydrogen-bond donors (Lipinski definition) is 1. The number of thiazole rings is 1. The van der Waals surface area contributed by atoms with Gasteiger partial charge >= 0.3 is 0 Å². The molecule has 2 aromatic carbocycles. The number of halogens is 1. The SMILES string of the molecule is O=C(CN1CCN(Cc2csc(-c3ccccc3)n2)CC1)NCCc1ccc(F)cc1. The van der Waals surface area contributed by atoms with Crippen LogP contribution < -0.4 is 5.32 Å². The van der Waals surface area contributed by atoms with E-state index in [1.807, 2.05) is 18.2 Å². The minimum absolute atomic E-state index is 0.0440. The zero-order valence-corrected chi connectivity index (χ0v) is 18.3. The van der Waals surface area contributed by atoms with Gasteiger partial charge in [0.2, 0.25) is 5.91 Å². The fourth-order valence-corrected chi connectivity index (χ4v) is 4.50. The van der Waals surface area contributed by atoms with Crippen LogP contribution in [0.3, 0.4) is 0 Å². The van der Waals surface area contributed by atoms with Gasteiger partial charge in [-0.15, -0.1) is 11.3 Å². The molecule has 5 nitrogen and oxygen atoms in total. The van der Waals surface area contributed by atoms with Crippen molar-refractivity contribution >= 4 is 17.2 Å². The van der Waals surface area contributed by atoms with E-state index in [0.717, 1.165) is 54.6 Å². The summed E-state index contributed by atoms with van der Waals surface area (Å²) in [6.07, 6.45) is 0.707. The second-order valence-corrected chi connectivity index (χ2v) is 8.65. The number of nitrogens with one attached hydrogen (secondary N) is 1. The van der Waals surface area contributed by atoms with Crippen molar-refractivity contribution in [1.29, 1.82) is 0 Å². The van der Waals surface area contributed by atoms with Crippen LogP contribution in [-0.2, 0) is 17.8 Å². The molecule has 3 aromatic rings. The molecule has 0 aliphatic carbocycles. The highest BCUT2D eigenvalue weighted by Crippen LogP contribution is 2.24. The van der Waals surface area contributed by atoms with Gasteiger partial charge in [0.05, 0.1) is 12.2 Å². The largest absolute Gasteiger partial charge is 0.355 e. The van der Waals surface area contributed by atoms with Crippen LogP contribution in [0.2, 0.25) is 0 Å². The predicted octanol–water partition coefficient (Wildman–Crippen LogP) is 3.43. The van der Waals surface area contributed by atoms with Gasteiger partial charge in [-0.25, -0.2) is 9.37 Å². The first kappa shape index (κ1) is 21.6. The molecule has 1 N–H and O–H groups in total. The van der Waals surface area contributed by atoms with Crippen LogP contribution in [0, 0.1) is 5.82 Å². The molecule has 1 aromatic heterocycles. The van der Waals surface area contributed by atoms with E-state index in [1.54, 1.807) is 23.5 Å². The summed E-state index contributed by atoms with van der Waals surface area (Å²) in [5.41, 5.74) is 3.29. The van der Waals surface area contributed by atoms with E-state index in [9.17, 15) is 9.18 Å². The van der Waals surface area contributed by atoms with Crippen LogP contribution in [0.4, 0.5) is 4.39 Å². The number of aromatic nitrogens is 1. The van der Waals surface area contributed by atoms with Gasteiger partial charge in [0.25, 0.3) is 0 Å². The van der Waals surface area contributed by atoms with Crippen molar-refractivity contribution in [2.45, 2.75) is 13.0 Å². The van der Waals surface area contributed by atoms with Crippen molar-refractivity contribution in [1.82, 2.24) is 20.1 Å². The molecule has 0 atom stereocenters. The highest BCUT2D eigenvalue weighted by Gasteiger charge is 2.19. The summed E-state index contributed by atoms with van der Waals surface area (Å²) in [5, 5.41) is 6.17. The second kappa shape index (κ2) is 10.6. The highest BCUT2D eigenvalue weighted by atomic mass is 32.1. The van der Waals surface area contributed by atoms with Crippen molar-refractivity contribution in [3.63, 3.8) is 0 Å². The molecule has 162 valence electrons. The Morgan fingerprint density at radius 2 is 1.71 bits per heavy atom. The van der Waals surface area contributed by atoms with E-state index < -0.39 is 0 Å². The molecular formula is C24H27FN4OS. The maximum atomic E-state index is 12.9. The first-order valence-electron chi connectivity index (χ1n) is 10.6. The fourth-order valence-electron chi connectivity index (χ4n) is 3.68. The molecule has 0 radical (unpaired) electrons. The molecule has 0 spiro atoms. The molecule has 1 fully saturated rings. The van der Waals surface area contributed by atoms with Crippen LogP contribution in [0.5, 0.6) is 0 Å². The molecule has 1 saturated heterocycles. The summed E-state index contributed by atoms with van der Waals surface area (Å²) >= 11 is 1.69. The van der Waals surface area contributed by atoms with Gasteiger partial charge in [-0.1, -0.05) is 42.5 Å². The quantitative estimate of drug-likeness (QED) is 0.586. The zero-order valence-electron chi connectivity index (χ0n) is 17.5. The number of nitrogens with zero attached hydrogens (tertiary/aromatic N) is 3. The summed E-state index contributed by atoms with van der Waals surface area (Å²) in [7, 11) is 0. The molecule has 7 heteroatoms. The molecule has 31 heavy (non-hydrogen) atoms. The van der Waals surface area contributed by atoms with Gasteiger partial charge in [-0.05, 0) is 24.1 Å². The molecule has 1 aliphatic heterocycles. The summed E-state index contributed by atoms with van der Waals surface area (Å²) < 4.78 is 12.9. The molecule has 0 bridgehead atoms. The molecule has 1 aliphatic rings. The number of piperazine rings is 1. The van der Waals surface area contributed by atoms with Crippen LogP contribution in [-0.4, -0.2) is 60.0 Å². The molecule has 1 amide bonds. The van der Waals surface area contributed by atoms with Crippen LogP contribution >= 0.6 is 11.3 Å². The highest BCUT2D eigenvalue weighted by molar-refractivity contribution is 7.13. The third-order valence-corrected chi connectivity index (χ3v) is 6.38. The lowest BCUT2D eigenvalue weighted by Crippen LogP contribution is -2.49. The molecule has 2 heterocycles. The number of carbonyl (C=O) groups excluding carboxylic acids is 1. The Morgan fingerprint density at radius 3 is 2.45 bits per heavy atom. The molecule has 0 saturated carbocycles. The zero-order chi connectivity index (χ0) is 21.5. The fraction of sp³-hybridized carbons (Fsp3) is 0.333. The lowest BCUT2D eigenvalue weighted by molar-refractivity contribution is -0.122. The predicted molar refractivity (Wildman–Crippen MR) is 122 cm³/mol. The Kier molecular flexibility index (Phi) is 7.40. The third kappa shape index (κ3) is 6.43. The Hall–Kier alpha value is -2.61. The summed E-state index contributed by atoms with van der Waals surface area (Å²) in [6, 6.07) is 16.7. The van der Waals surface area contributed by atoms with E-state index >= 15 is 0 Å². The number of benzene rings is 2. The molecule has 4 rings (SSSR count). The van der Waals surface area contributed by atoms with Crippen molar-refractivity contribution < 1.29 is 9.18 Å². The first-order chi connectivity index (χ1) is 15.2. The second-order valence-electron chi connectivity index (χ2n) is 7.79. The van der Waals surface area contributed by atoms with E-state index in [0.29, 0.717) is 19.5 Å².